The van der Waals surface area contributed by atoms with E-state index in [4.69, 9.17) is 26.1 Å². The van der Waals surface area contributed by atoms with Gasteiger partial charge in [-0.05, 0) is 74.7 Å². The molecule has 11 heteroatoms. The van der Waals surface area contributed by atoms with E-state index in [9.17, 15) is 20.1 Å². The van der Waals surface area contributed by atoms with Crippen molar-refractivity contribution in [3.8, 4) is 11.5 Å². The van der Waals surface area contributed by atoms with Gasteiger partial charge in [-0.3, -0.25) is 9.88 Å². The first-order valence-electron chi connectivity index (χ1n) is 14.1. The average molecular weight is 593 g/mol. The molecule has 0 radical (unpaired) electrons. The fraction of sp³-hybridized carbons (Fsp3) is 0.387. The summed E-state index contributed by atoms with van der Waals surface area (Å²) in [5.41, 5.74) is 3.26. The van der Waals surface area contributed by atoms with E-state index in [0.717, 1.165) is 43.1 Å². The second-order valence-electron chi connectivity index (χ2n) is 11.0. The first-order chi connectivity index (χ1) is 20.2. The van der Waals surface area contributed by atoms with Crippen LogP contribution in [0.4, 0.5) is 0 Å². The number of benzene rings is 2. The third kappa shape index (κ3) is 5.55. The number of aromatic carboxylic acids is 1. The molecule has 2 aliphatic heterocycles. The van der Waals surface area contributed by atoms with Crippen LogP contribution in [0.25, 0.3) is 11.0 Å². The molecule has 6 rings (SSSR count). The zero-order valence-corrected chi connectivity index (χ0v) is 24.0. The van der Waals surface area contributed by atoms with Gasteiger partial charge in [-0.15, -0.1) is 0 Å². The summed E-state index contributed by atoms with van der Waals surface area (Å²) in [7, 11) is 0. The van der Waals surface area contributed by atoms with Crippen LogP contribution in [0.2, 0.25) is 5.02 Å². The Labute approximate surface area is 248 Å². The van der Waals surface area contributed by atoms with Crippen LogP contribution in [-0.2, 0) is 18.9 Å². The summed E-state index contributed by atoms with van der Waals surface area (Å²) in [5, 5.41) is 29.8. The molecule has 10 nitrogen and oxygen atoms in total. The lowest BCUT2D eigenvalue weighted by molar-refractivity contribution is -0.0722. The molecule has 4 aromatic rings. The number of nitrogens with zero attached hydrogens (tertiary/aromatic N) is 4. The Morgan fingerprint density at radius 3 is 2.69 bits per heavy atom. The largest absolute Gasteiger partial charge is 0.478 e. The highest BCUT2D eigenvalue weighted by atomic mass is 35.5. The lowest BCUT2D eigenvalue weighted by atomic mass is 9.88. The number of fused-ring (bicyclic) bond motifs is 2. The van der Waals surface area contributed by atoms with Gasteiger partial charge in [-0.2, -0.15) is 0 Å². The average Bonchev–Trinajstić information content (AvgIpc) is 3.50. The molecule has 2 atom stereocenters. The highest BCUT2D eigenvalue weighted by Gasteiger charge is 2.42. The second-order valence-corrected chi connectivity index (χ2v) is 11.5. The van der Waals surface area contributed by atoms with E-state index in [1.165, 1.54) is 0 Å². The number of imidazole rings is 1. The molecule has 4 heterocycles. The van der Waals surface area contributed by atoms with Crippen LogP contribution in [0.5, 0.6) is 11.5 Å². The van der Waals surface area contributed by atoms with Gasteiger partial charge in [-0.1, -0.05) is 23.7 Å². The molecule has 1 fully saturated rings. The maximum atomic E-state index is 11.6. The summed E-state index contributed by atoms with van der Waals surface area (Å²) < 4.78 is 14.5. The molecule has 2 aliphatic rings. The Hall–Kier alpha value is -3.70. The van der Waals surface area contributed by atoms with Crippen molar-refractivity contribution in [1.82, 2.24) is 19.4 Å². The lowest BCUT2D eigenvalue weighted by Crippen LogP contribution is -2.34. The van der Waals surface area contributed by atoms with Crippen molar-refractivity contribution in [2.24, 2.45) is 0 Å². The minimum absolute atomic E-state index is 0.135. The highest BCUT2D eigenvalue weighted by molar-refractivity contribution is 6.30. The summed E-state index contributed by atoms with van der Waals surface area (Å²) in [6.07, 6.45) is 2.85. The van der Waals surface area contributed by atoms with Crippen LogP contribution in [0, 0.1) is 0 Å². The molecular weight excluding hydrogens is 560 g/mol. The van der Waals surface area contributed by atoms with Crippen LogP contribution in [0.1, 0.15) is 59.5 Å². The first-order valence-corrected chi connectivity index (χ1v) is 14.5. The van der Waals surface area contributed by atoms with Gasteiger partial charge < -0.3 is 29.4 Å². The molecule has 3 N–H and O–H groups in total. The summed E-state index contributed by atoms with van der Waals surface area (Å²) >= 11 is 6.03. The van der Waals surface area contributed by atoms with Gasteiger partial charge in [0, 0.05) is 25.3 Å². The molecule has 0 amide bonds. The molecular formula is C31H33ClN4O6. The summed E-state index contributed by atoms with van der Waals surface area (Å²) in [4.78, 5) is 23.1. The highest BCUT2D eigenvalue weighted by Crippen LogP contribution is 2.49. The van der Waals surface area contributed by atoms with Crippen molar-refractivity contribution < 1.29 is 29.6 Å². The van der Waals surface area contributed by atoms with Crippen molar-refractivity contribution >= 4 is 28.6 Å². The maximum Gasteiger partial charge on any atom is 0.335 e. The van der Waals surface area contributed by atoms with E-state index in [0.29, 0.717) is 34.0 Å². The maximum absolute atomic E-state index is 11.6. The number of rotatable bonds is 9. The fourth-order valence-corrected chi connectivity index (χ4v) is 6.01. The zero-order valence-electron chi connectivity index (χ0n) is 23.2. The van der Waals surface area contributed by atoms with Gasteiger partial charge >= 0.3 is 5.97 Å². The van der Waals surface area contributed by atoms with Gasteiger partial charge in [0.15, 0.2) is 11.5 Å². The normalized spacial score (nSPS) is 19.8. The van der Waals surface area contributed by atoms with Crippen LogP contribution in [0.3, 0.4) is 0 Å². The molecule has 0 aliphatic carbocycles. The standard InChI is InChI=1S/C31H33ClN4O6/c1-31(27-8-6-21(32)16-33-27)41-26-4-2-3-23(29(26)42-31)19-9-12-35(13-10-19)18-28-34-24-7-5-20(30(39)40)15-25(24)36(28)17-22(38)11-14-37/h2-8,15-16,19,22,37-38H,9-14,17-18H2,1H3,(H,39,40)/t22?,31-/m0/s1. The monoisotopic (exact) mass is 592 g/mol. The molecule has 2 aromatic heterocycles. The fourth-order valence-electron chi connectivity index (χ4n) is 5.90. The Balaban J connectivity index is 1.18. The minimum atomic E-state index is -1.04. The summed E-state index contributed by atoms with van der Waals surface area (Å²) in [5.74, 6) is 0.434. The van der Waals surface area contributed by atoms with E-state index >= 15 is 0 Å². The third-order valence-electron chi connectivity index (χ3n) is 8.13. The van der Waals surface area contributed by atoms with Gasteiger partial charge in [0.2, 0.25) is 0 Å². The lowest BCUT2D eigenvalue weighted by Gasteiger charge is -2.32. The van der Waals surface area contributed by atoms with E-state index in [2.05, 4.69) is 16.0 Å². The molecule has 0 saturated carbocycles. The number of aromatic nitrogens is 3. The van der Waals surface area contributed by atoms with Crippen LogP contribution < -0.4 is 9.47 Å². The zero-order chi connectivity index (χ0) is 29.4. The number of hydrogen-bond donors (Lipinski definition) is 3. The number of carbonyl (C=O) groups is 1. The van der Waals surface area contributed by atoms with Gasteiger partial charge in [0.25, 0.3) is 5.79 Å². The number of aliphatic hydroxyl groups excluding tert-OH is 2. The topological polar surface area (TPSA) is 130 Å². The molecule has 0 bridgehead atoms. The molecule has 220 valence electrons. The van der Waals surface area contributed by atoms with Gasteiger partial charge in [0.1, 0.15) is 11.5 Å². The predicted molar refractivity (Wildman–Crippen MR) is 156 cm³/mol. The number of likely N-dealkylation sites (tertiary alicyclic amines) is 1. The van der Waals surface area contributed by atoms with Crippen molar-refractivity contribution in [2.45, 2.75) is 57.1 Å². The predicted octanol–water partition coefficient (Wildman–Crippen LogP) is 4.55. The van der Waals surface area contributed by atoms with Crippen LogP contribution >= 0.6 is 11.6 Å². The van der Waals surface area contributed by atoms with E-state index < -0.39 is 17.9 Å². The SMILES string of the molecule is C[C@]1(c2ccc(Cl)cn2)Oc2cccc(C3CCN(Cc4nc5ccc(C(=O)O)cc5n4CC(O)CCO)CC3)c2O1. The number of aliphatic hydroxyl groups is 2. The quantitative estimate of drug-likeness (QED) is 0.256. The Morgan fingerprint density at radius 2 is 1.98 bits per heavy atom. The van der Waals surface area contributed by atoms with Crippen molar-refractivity contribution in [3.05, 3.63) is 82.4 Å². The minimum Gasteiger partial charge on any atom is -0.478 e. The first kappa shape index (κ1) is 28.4. The number of hydrogen-bond acceptors (Lipinski definition) is 8. The number of halogens is 1. The second kappa shape index (κ2) is 11.5. The number of carboxylic acids is 1. The third-order valence-corrected chi connectivity index (χ3v) is 8.35. The number of carboxylic acid groups (broad SMARTS) is 1. The number of piperidine rings is 1. The number of para-hydroxylation sites is 1. The van der Waals surface area contributed by atoms with Crippen LogP contribution in [0.15, 0.2) is 54.7 Å². The number of ether oxygens (including phenoxy) is 2. The van der Waals surface area contributed by atoms with E-state index in [1.54, 1.807) is 30.5 Å². The summed E-state index contributed by atoms with van der Waals surface area (Å²) in [6, 6.07) is 14.4. The smallest absolute Gasteiger partial charge is 0.335 e. The van der Waals surface area contributed by atoms with E-state index in [1.807, 2.05) is 29.7 Å². The Kier molecular flexibility index (Phi) is 7.80. The van der Waals surface area contributed by atoms with Crippen LogP contribution in [-0.4, -0.2) is 66.5 Å². The van der Waals surface area contributed by atoms with Crippen molar-refractivity contribution in [3.63, 3.8) is 0 Å². The molecule has 1 unspecified atom stereocenters. The molecule has 2 aromatic carbocycles. The van der Waals surface area contributed by atoms with Gasteiger partial charge in [0.05, 0.1) is 40.8 Å². The summed E-state index contributed by atoms with van der Waals surface area (Å²) in [6.45, 7) is 4.16. The van der Waals surface area contributed by atoms with Crippen molar-refractivity contribution in [1.29, 1.82) is 0 Å². The van der Waals surface area contributed by atoms with Gasteiger partial charge in [-0.25, -0.2) is 9.78 Å². The van der Waals surface area contributed by atoms with Crippen molar-refractivity contribution in [2.75, 3.05) is 19.7 Å². The molecule has 42 heavy (non-hydrogen) atoms. The van der Waals surface area contributed by atoms with E-state index in [-0.39, 0.29) is 31.1 Å². The Morgan fingerprint density at radius 1 is 1.17 bits per heavy atom. The molecule has 1 saturated heterocycles. The Bertz CT molecular complexity index is 1600. The molecule has 0 spiro atoms. The number of pyridine rings is 1.